The van der Waals surface area contributed by atoms with Crippen LogP contribution in [0.2, 0.25) is 0 Å². The number of furan rings is 1. The van der Waals surface area contributed by atoms with Crippen LogP contribution < -0.4 is 0 Å². The van der Waals surface area contributed by atoms with Crippen LogP contribution >= 0.6 is 0 Å². The Labute approximate surface area is 159 Å². The summed E-state index contributed by atoms with van der Waals surface area (Å²) in [5.41, 5.74) is 0.460. The van der Waals surface area contributed by atoms with E-state index in [1.165, 1.54) is 4.90 Å². The summed E-state index contributed by atoms with van der Waals surface area (Å²) in [7, 11) is 3.87. The Morgan fingerprint density at radius 2 is 1.75 bits per heavy atom. The standard InChI is InChI=1S/C15H22N2O4.C2HF3O2/c1-9-7-12(10(2)21-9)14(18)17-6-5-11(16(3)4)8-13(17)15(19)20;3-2(4,5)1(6)7/h7,11,13H,5-6,8H2,1-4H3,(H,19,20);(H,6,7). The molecule has 11 heteroatoms. The Balaban J connectivity index is 0.000000480. The minimum atomic E-state index is -5.08. The molecule has 0 saturated carbocycles. The predicted molar refractivity (Wildman–Crippen MR) is 91.0 cm³/mol. The van der Waals surface area contributed by atoms with Crippen molar-refractivity contribution >= 4 is 17.8 Å². The molecule has 0 bridgehead atoms. The van der Waals surface area contributed by atoms with Crippen LogP contribution in [0.25, 0.3) is 0 Å². The predicted octanol–water partition coefficient (Wildman–Crippen LogP) is 2.15. The fourth-order valence-corrected chi connectivity index (χ4v) is 2.89. The first-order chi connectivity index (χ1) is 12.8. The molecule has 2 atom stereocenters. The molecule has 2 N–H and O–H groups in total. The van der Waals surface area contributed by atoms with Gasteiger partial charge in [-0.25, -0.2) is 9.59 Å². The zero-order valence-corrected chi connectivity index (χ0v) is 15.9. The molecule has 1 aromatic heterocycles. The number of hydrogen-bond donors (Lipinski definition) is 2. The molecular formula is C17H23F3N2O6. The maximum absolute atomic E-state index is 12.6. The Morgan fingerprint density at radius 3 is 2.11 bits per heavy atom. The van der Waals surface area contributed by atoms with Crippen LogP contribution in [0.15, 0.2) is 10.5 Å². The van der Waals surface area contributed by atoms with Crippen LogP contribution in [0.5, 0.6) is 0 Å². The lowest BCUT2D eigenvalue weighted by Gasteiger charge is -2.39. The van der Waals surface area contributed by atoms with E-state index in [-0.39, 0.29) is 11.9 Å². The topological polar surface area (TPSA) is 111 Å². The average Bonchev–Trinajstić information content (AvgIpc) is 2.91. The quantitative estimate of drug-likeness (QED) is 0.788. The van der Waals surface area contributed by atoms with Gasteiger partial charge in [0.2, 0.25) is 0 Å². The molecule has 2 unspecified atom stereocenters. The first kappa shape index (κ1) is 23.5. The number of hydrogen-bond acceptors (Lipinski definition) is 5. The number of piperidine rings is 1. The molecule has 0 aliphatic carbocycles. The lowest BCUT2D eigenvalue weighted by Crippen LogP contribution is -2.53. The van der Waals surface area contributed by atoms with Crippen molar-refractivity contribution in [3.05, 3.63) is 23.2 Å². The van der Waals surface area contributed by atoms with E-state index in [2.05, 4.69) is 0 Å². The number of carboxylic acid groups (broad SMARTS) is 2. The fourth-order valence-electron chi connectivity index (χ4n) is 2.89. The number of halogens is 3. The SMILES string of the molecule is Cc1cc(C(=O)N2CCC(N(C)C)CC2C(=O)O)c(C)o1.O=C(O)C(F)(F)F. The van der Waals surface area contributed by atoms with Gasteiger partial charge in [-0.3, -0.25) is 4.79 Å². The van der Waals surface area contributed by atoms with E-state index in [0.29, 0.717) is 30.0 Å². The van der Waals surface area contributed by atoms with Crippen molar-refractivity contribution in [3.8, 4) is 0 Å². The lowest BCUT2D eigenvalue weighted by molar-refractivity contribution is -0.192. The molecule has 2 rings (SSSR count). The number of alkyl halides is 3. The van der Waals surface area contributed by atoms with Crippen LogP contribution in [-0.4, -0.2) is 76.8 Å². The molecule has 1 aromatic rings. The second-order valence-electron chi connectivity index (χ2n) is 6.62. The smallest absolute Gasteiger partial charge is 0.480 e. The molecule has 0 spiro atoms. The van der Waals surface area contributed by atoms with Gasteiger partial charge in [0.05, 0.1) is 5.56 Å². The Bertz CT molecular complexity index is 729. The van der Waals surface area contributed by atoms with Crippen LogP contribution in [0.1, 0.15) is 34.7 Å². The van der Waals surface area contributed by atoms with Gasteiger partial charge in [0.1, 0.15) is 17.6 Å². The second-order valence-corrected chi connectivity index (χ2v) is 6.62. The number of carboxylic acids is 2. The third-order valence-electron chi connectivity index (χ3n) is 4.36. The number of aryl methyl sites for hydroxylation is 2. The number of rotatable bonds is 3. The highest BCUT2D eigenvalue weighted by molar-refractivity contribution is 5.97. The molecule has 1 aliphatic heterocycles. The van der Waals surface area contributed by atoms with E-state index >= 15 is 0 Å². The summed E-state index contributed by atoms with van der Waals surface area (Å²) in [6, 6.07) is 1.07. The summed E-state index contributed by atoms with van der Waals surface area (Å²) in [6.45, 7) is 3.95. The number of likely N-dealkylation sites (tertiary alicyclic amines) is 1. The van der Waals surface area contributed by atoms with Crippen LogP contribution in [0, 0.1) is 13.8 Å². The Hall–Kier alpha value is -2.56. The van der Waals surface area contributed by atoms with Gasteiger partial charge in [0, 0.05) is 12.6 Å². The van der Waals surface area contributed by atoms with E-state index in [9.17, 15) is 27.9 Å². The maximum atomic E-state index is 12.6. The molecule has 0 radical (unpaired) electrons. The van der Waals surface area contributed by atoms with Crippen LogP contribution in [0.4, 0.5) is 13.2 Å². The summed E-state index contributed by atoms with van der Waals surface area (Å²) in [4.78, 5) is 36.5. The van der Waals surface area contributed by atoms with Crippen molar-refractivity contribution in [2.75, 3.05) is 20.6 Å². The second kappa shape index (κ2) is 9.09. The van der Waals surface area contributed by atoms with Crippen molar-refractivity contribution < 1.29 is 42.2 Å². The van der Waals surface area contributed by atoms with Gasteiger partial charge in [0.15, 0.2) is 0 Å². The molecule has 2 heterocycles. The largest absolute Gasteiger partial charge is 0.490 e. The van der Waals surface area contributed by atoms with E-state index in [0.717, 1.165) is 6.42 Å². The normalized spacial score (nSPS) is 19.8. The minimum Gasteiger partial charge on any atom is -0.480 e. The van der Waals surface area contributed by atoms with Gasteiger partial charge in [-0.1, -0.05) is 0 Å². The van der Waals surface area contributed by atoms with E-state index in [1.807, 2.05) is 19.0 Å². The summed E-state index contributed by atoms with van der Waals surface area (Å²) in [5.74, 6) is -2.77. The van der Waals surface area contributed by atoms with Gasteiger partial charge in [-0.05, 0) is 46.9 Å². The molecular weight excluding hydrogens is 385 g/mol. The monoisotopic (exact) mass is 408 g/mol. The zero-order chi connectivity index (χ0) is 21.8. The molecule has 1 aliphatic rings. The number of nitrogens with zero attached hydrogens (tertiary/aromatic N) is 2. The van der Waals surface area contributed by atoms with Crippen molar-refractivity contribution in [2.24, 2.45) is 0 Å². The van der Waals surface area contributed by atoms with Gasteiger partial charge in [-0.15, -0.1) is 0 Å². The first-order valence-corrected chi connectivity index (χ1v) is 8.33. The number of aliphatic carboxylic acids is 2. The van der Waals surface area contributed by atoms with Gasteiger partial charge in [-0.2, -0.15) is 13.2 Å². The number of carbonyl (C=O) groups excluding carboxylic acids is 1. The van der Waals surface area contributed by atoms with E-state index < -0.39 is 24.2 Å². The van der Waals surface area contributed by atoms with Crippen LogP contribution in [-0.2, 0) is 9.59 Å². The maximum Gasteiger partial charge on any atom is 0.490 e. The highest BCUT2D eigenvalue weighted by Gasteiger charge is 2.39. The van der Waals surface area contributed by atoms with Crippen molar-refractivity contribution in [3.63, 3.8) is 0 Å². The summed E-state index contributed by atoms with van der Waals surface area (Å²) in [5, 5.41) is 16.6. The molecule has 28 heavy (non-hydrogen) atoms. The van der Waals surface area contributed by atoms with E-state index in [1.54, 1.807) is 19.9 Å². The van der Waals surface area contributed by atoms with Gasteiger partial charge in [0.25, 0.3) is 5.91 Å². The van der Waals surface area contributed by atoms with Gasteiger partial charge < -0.3 is 24.4 Å². The van der Waals surface area contributed by atoms with Crippen molar-refractivity contribution in [1.82, 2.24) is 9.80 Å². The molecule has 1 saturated heterocycles. The van der Waals surface area contributed by atoms with E-state index in [4.69, 9.17) is 14.3 Å². The lowest BCUT2D eigenvalue weighted by atomic mass is 9.95. The van der Waals surface area contributed by atoms with Crippen molar-refractivity contribution in [1.29, 1.82) is 0 Å². The van der Waals surface area contributed by atoms with Crippen LogP contribution in [0.3, 0.4) is 0 Å². The van der Waals surface area contributed by atoms with Crippen molar-refractivity contribution in [2.45, 2.75) is 44.9 Å². The molecule has 0 aromatic carbocycles. The molecule has 158 valence electrons. The third-order valence-corrected chi connectivity index (χ3v) is 4.36. The summed E-state index contributed by atoms with van der Waals surface area (Å²) >= 11 is 0. The Kier molecular flexibility index (Phi) is 7.62. The summed E-state index contributed by atoms with van der Waals surface area (Å²) in [6.07, 6.45) is -3.86. The third kappa shape index (κ3) is 5.98. The fraction of sp³-hybridized carbons (Fsp3) is 0.588. The molecule has 8 nitrogen and oxygen atoms in total. The first-order valence-electron chi connectivity index (χ1n) is 8.33. The number of amides is 1. The highest BCUT2D eigenvalue weighted by Crippen LogP contribution is 2.25. The highest BCUT2D eigenvalue weighted by atomic mass is 19.4. The molecule has 1 amide bonds. The zero-order valence-electron chi connectivity index (χ0n) is 15.9. The summed E-state index contributed by atoms with van der Waals surface area (Å²) < 4.78 is 37.1. The van der Waals surface area contributed by atoms with Gasteiger partial charge >= 0.3 is 18.1 Å². The minimum absolute atomic E-state index is 0.183. The number of carbonyl (C=O) groups is 3. The molecule has 1 fully saturated rings. The Morgan fingerprint density at radius 1 is 1.21 bits per heavy atom. The average molecular weight is 408 g/mol.